The first-order valence-electron chi connectivity index (χ1n) is 4.38. The van der Waals surface area contributed by atoms with Crippen molar-refractivity contribution in [2.45, 2.75) is 0 Å². The number of H-pyrrole nitrogens is 1. The van der Waals surface area contributed by atoms with Gasteiger partial charge in [-0.1, -0.05) is 12.1 Å². The second-order valence-electron chi connectivity index (χ2n) is 3.03. The Bertz CT molecular complexity index is 517. The molecular weight excluding hydrogens is 176 g/mol. The molecule has 3 rings (SSSR count). The minimum Gasteiger partial charge on any atom is -0.322 e. The smallest absolute Gasteiger partial charge is 0.229 e. The van der Waals surface area contributed by atoms with Crippen molar-refractivity contribution < 1.29 is 0 Å². The summed E-state index contributed by atoms with van der Waals surface area (Å²) in [7, 11) is 0. The fraction of sp³-hybridized carbons (Fsp3) is 0. The fourth-order valence-electron chi connectivity index (χ4n) is 1.44. The number of aromatic nitrogens is 4. The highest BCUT2D eigenvalue weighted by atomic mass is 15.3. The highest BCUT2D eigenvalue weighted by Crippen LogP contribution is 2.11. The first-order chi connectivity index (χ1) is 6.93. The Labute approximate surface area is 80.2 Å². The summed E-state index contributed by atoms with van der Waals surface area (Å²) < 4.78 is 1.71. The number of hydrogen-bond donors (Lipinski definition) is 1. The largest absolute Gasteiger partial charge is 0.322 e. The quantitative estimate of drug-likeness (QED) is 0.626. The zero-order valence-corrected chi connectivity index (χ0v) is 7.38. The SMILES string of the molecule is c1ccc2[nH]c(-n3cccn3)nc2c1. The zero-order chi connectivity index (χ0) is 9.38. The van der Waals surface area contributed by atoms with Crippen LogP contribution in [-0.4, -0.2) is 19.7 Å². The predicted molar refractivity (Wildman–Crippen MR) is 53.2 cm³/mol. The Hall–Kier alpha value is -2.10. The van der Waals surface area contributed by atoms with E-state index in [9.17, 15) is 0 Å². The minimum absolute atomic E-state index is 0.746. The maximum atomic E-state index is 4.40. The van der Waals surface area contributed by atoms with Gasteiger partial charge in [0, 0.05) is 12.4 Å². The molecule has 0 atom stereocenters. The molecule has 0 aliphatic heterocycles. The number of imidazole rings is 1. The third-order valence-electron chi connectivity index (χ3n) is 2.10. The molecule has 0 aliphatic rings. The molecule has 0 spiro atoms. The summed E-state index contributed by atoms with van der Waals surface area (Å²) in [6.45, 7) is 0. The molecule has 1 aromatic carbocycles. The highest BCUT2D eigenvalue weighted by molar-refractivity contribution is 5.75. The van der Waals surface area contributed by atoms with Crippen LogP contribution in [0.2, 0.25) is 0 Å². The van der Waals surface area contributed by atoms with E-state index < -0.39 is 0 Å². The molecule has 0 bridgehead atoms. The molecular formula is C10H8N4. The molecule has 0 unspecified atom stereocenters. The van der Waals surface area contributed by atoms with E-state index in [0.717, 1.165) is 17.0 Å². The van der Waals surface area contributed by atoms with Crippen LogP contribution in [0, 0.1) is 0 Å². The van der Waals surface area contributed by atoms with E-state index in [1.165, 1.54) is 0 Å². The first kappa shape index (κ1) is 7.32. The summed E-state index contributed by atoms with van der Waals surface area (Å²) >= 11 is 0. The lowest BCUT2D eigenvalue weighted by atomic mass is 10.3. The molecule has 14 heavy (non-hydrogen) atoms. The van der Waals surface area contributed by atoms with E-state index in [2.05, 4.69) is 15.1 Å². The van der Waals surface area contributed by atoms with Gasteiger partial charge in [-0.2, -0.15) is 5.10 Å². The summed E-state index contributed by atoms with van der Waals surface area (Å²) in [5.74, 6) is 0.746. The van der Waals surface area contributed by atoms with Gasteiger partial charge in [0.25, 0.3) is 0 Å². The Morgan fingerprint density at radius 2 is 2.07 bits per heavy atom. The van der Waals surface area contributed by atoms with E-state index >= 15 is 0 Å². The summed E-state index contributed by atoms with van der Waals surface area (Å²) in [6, 6.07) is 9.78. The Morgan fingerprint density at radius 1 is 1.14 bits per heavy atom. The van der Waals surface area contributed by atoms with Crippen molar-refractivity contribution in [2.75, 3.05) is 0 Å². The molecule has 2 heterocycles. The Morgan fingerprint density at radius 3 is 2.86 bits per heavy atom. The molecule has 0 amide bonds. The average molecular weight is 184 g/mol. The summed E-state index contributed by atoms with van der Waals surface area (Å²) in [5, 5.41) is 4.10. The first-order valence-corrected chi connectivity index (χ1v) is 4.38. The number of nitrogens with one attached hydrogen (secondary N) is 1. The number of benzene rings is 1. The van der Waals surface area contributed by atoms with Gasteiger partial charge in [0.1, 0.15) is 0 Å². The van der Waals surface area contributed by atoms with Gasteiger partial charge in [0.05, 0.1) is 11.0 Å². The van der Waals surface area contributed by atoms with E-state index in [1.807, 2.05) is 36.5 Å². The zero-order valence-electron chi connectivity index (χ0n) is 7.38. The standard InChI is InChI=1S/C10H8N4/c1-2-5-9-8(4-1)12-10(13-9)14-7-3-6-11-14/h1-7H,(H,12,13). The molecule has 0 saturated heterocycles. The van der Waals surface area contributed by atoms with Gasteiger partial charge >= 0.3 is 0 Å². The number of hydrogen-bond acceptors (Lipinski definition) is 2. The van der Waals surface area contributed by atoms with Crippen molar-refractivity contribution in [3.05, 3.63) is 42.7 Å². The van der Waals surface area contributed by atoms with Gasteiger partial charge in [-0.05, 0) is 18.2 Å². The van der Waals surface area contributed by atoms with Crippen molar-refractivity contribution in [1.29, 1.82) is 0 Å². The van der Waals surface area contributed by atoms with Crippen LogP contribution in [-0.2, 0) is 0 Å². The topological polar surface area (TPSA) is 46.5 Å². The number of aromatic amines is 1. The van der Waals surface area contributed by atoms with Gasteiger partial charge in [-0.25, -0.2) is 9.67 Å². The number of nitrogens with zero attached hydrogens (tertiary/aromatic N) is 3. The normalized spacial score (nSPS) is 10.9. The molecule has 1 N–H and O–H groups in total. The van der Waals surface area contributed by atoms with Crippen molar-refractivity contribution in [1.82, 2.24) is 19.7 Å². The van der Waals surface area contributed by atoms with Crippen LogP contribution in [0.1, 0.15) is 0 Å². The summed E-state index contributed by atoms with van der Waals surface area (Å²) in [5.41, 5.74) is 1.98. The number of fused-ring (bicyclic) bond motifs is 1. The number of rotatable bonds is 1. The van der Waals surface area contributed by atoms with Crippen molar-refractivity contribution >= 4 is 11.0 Å². The van der Waals surface area contributed by atoms with Crippen LogP contribution in [0.15, 0.2) is 42.7 Å². The van der Waals surface area contributed by atoms with Crippen LogP contribution in [0.4, 0.5) is 0 Å². The average Bonchev–Trinajstić information content (AvgIpc) is 2.86. The van der Waals surface area contributed by atoms with Crippen LogP contribution in [0.25, 0.3) is 17.0 Å². The van der Waals surface area contributed by atoms with Crippen LogP contribution >= 0.6 is 0 Å². The minimum atomic E-state index is 0.746. The molecule has 0 fully saturated rings. The van der Waals surface area contributed by atoms with Gasteiger partial charge in [0.2, 0.25) is 5.95 Å². The monoisotopic (exact) mass is 184 g/mol. The lowest BCUT2D eigenvalue weighted by Gasteiger charge is -1.91. The van der Waals surface area contributed by atoms with E-state index in [-0.39, 0.29) is 0 Å². The molecule has 4 heteroatoms. The third-order valence-corrected chi connectivity index (χ3v) is 2.10. The van der Waals surface area contributed by atoms with Crippen LogP contribution in [0.5, 0.6) is 0 Å². The van der Waals surface area contributed by atoms with Crippen molar-refractivity contribution in [2.24, 2.45) is 0 Å². The van der Waals surface area contributed by atoms with E-state index in [4.69, 9.17) is 0 Å². The lowest BCUT2D eigenvalue weighted by Crippen LogP contribution is -1.95. The number of para-hydroxylation sites is 2. The fourth-order valence-corrected chi connectivity index (χ4v) is 1.44. The molecule has 3 aromatic rings. The molecule has 0 saturated carbocycles. The van der Waals surface area contributed by atoms with E-state index in [1.54, 1.807) is 10.9 Å². The predicted octanol–water partition coefficient (Wildman–Crippen LogP) is 1.75. The second kappa shape index (κ2) is 2.70. The third kappa shape index (κ3) is 1.01. The van der Waals surface area contributed by atoms with E-state index in [0.29, 0.717) is 0 Å². The summed E-state index contributed by atoms with van der Waals surface area (Å²) in [6.07, 6.45) is 3.59. The summed E-state index contributed by atoms with van der Waals surface area (Å²) in [4.78, 5) is 7.59. The molecule has 68 valence electrons. The van der Waals surface area contributed by atoms with Gasteiger partial charge in [0.15, 0.2) is 0 Å². The van der Waals surface area contributed by atoms with Gasteiger partial charge < -0.3 is 4.98 Å². The van der Waals surface area contributed by atoms with Gasteiger partial charge in [-0.3, -0.25) is 0 Å². The second-order valence-corrected chi connectivity index (χ2v) is 3.03. The van der Waals surface area contributed by atoms with Crippen LogP contribution in [0.3, 0.4) is 0 Å². The molecule has 4 nitrogen and oxygen atoms in total. The highest BCUT2D eigenvalue weighted by Gasteiger charge is 2.02. The Kier molecular flexibility index (Phi) is 1.41. The molecule has 0 radical (unpaired) electrons. The van der Waals surface area contributed by atoms with Crippen LogP contribution < -0.4 is 0 Å². The van der Waals surface area contributed by atoms with Crippen molar-refractivity contribution in [3.8, 4) is 5.95 Å². The van der Waals surface area contributed by atoms with Crippen molar-refractivity contribution in [3.63, 3.8) is 0 Å². The molecule has 2 aromatic heterocycles. The maximum Gasteiger partial charge on any atom is 0.229 e. The van der Waals surface area contributed by atoms with Gasteiger partial charge in [-0.15, -0.1) is 0 Å². The molecule has 0 aliphatic carbocycles. The maximum absolute atomic E-state index is 4.40. The Balaban J connectivity index is 2.24. The lowest BCUT2D eigenvalue weighted by molar-refractivity contribution is 0.829.